The molecule has 0 unspecified atom stereocenters. The van der Waals surface area contributed by atoms with Crippen LogP contribution in [0.3, 0.4) is 0 Å². The lowest BCUT2D eigenvalue weighted by atomic mass is 10.0. The van der Waals surface area contributed by atoms with Crippen LogP contribution in [0.25, 0.3) is 86.6 Å². The molecule has 0 fully saturated rings. The third-order valence-electron chi connectivity index (χ3n) is 10.1. The van der Waals surface area contributed by atoms with Crippen molar-refractivity contribution < 1.29 is 8.83 Å². The van der Waals surface area contributed by atoms with Crippen LogP contribution in [0.2, 0.25) is 0 Å². The summed E-state index contributed by atoms with van der Waals surface area (Å²) in [4.78, 5) is 7.80. The van der Waals surface area contributed by atoms with Gasteiger partial charge in [0.1, 0.15) is 32.9 Å². The molecule has 0 saturated carbocycles. The quantitative estimate of drug-likeness (QED) is 0.181. The zero-order valence-electron chi connectivity index (χ0n) is 27.8. The fraction of sp³-hybridized carbons (Fsp3) is 0. The molecule has 11 aromatic rings. The highest BCUT2D eigenvalue weighted by Crippen LogP contribution is 2.49. The van der Waals surface area contributed by atoms with Crippen LogP contribution in [-0.2, 0) is 0 Å². The molecule has 11 rings (SSSR count). The Kier molecular flexibility index (Phi) is 6.39. The van der Waals surface area contributed by atoms with E-state index in [9.17, 15) is 0 Å². The normalized spacial score (nSPS) is 11.8. The van der Waals surface area contributed by atoms with Crippen molar-refractivity contribution in [3.63, 3.8) is 0 Å². The summed E-state index contributed by atoms with van der Waals surface area (Å²) in [5, 5.41) is 7.63. The number of fused-ring (bicyclic) bond motifs is 8. The molecular formula is C47H28N2O2S. The van der Waals surface area contributed by atoms with E-state index in [1.54, 1.807) is 11.3 Å². The summed E-state index contributed by atoms with van der Waals surface area (Å²) in [7, 11) is 0. The lowest BCUT2D eigenvalue weighted by Crippen LogP contribution is -2.11. The van der Waals surface area contributed by atoms with Gasteiger partial charge in [0.15, 0.2) is 0 Å². The Morgan fingerprint density at radius 3 is 1.92 bits per heavy atom. The Bertz CT molecular complexity index is 3140. The third kappa shape index (κ3) is 4.57. The molecule has 0 amide bonds. The van der Waals surface area contributed by atoms with Gasteiger partial charge in [-0.05, 0) is 64.4 Å². The Hall–Kier alpha value is -6.69. The maximum atomic E-state index is 6.62. The van der Waals surface area contributed by atoms with E-state index >= 15 is 0 Å². The first-order chi connectivity index (χ1) is 25.7. The van der Waals surface area contributed by atoms with Crippen molar-refractivity contribution in [3.05, 3.63) is 170 Å². The second-order valence-corrected chi connectivity index (χ2v) is 14.2. The van der Waals surface area contributed by atoms with Gasteiger partial charge in [-0.25, -0.2) is 4.98 Å². The van der Waals surface area contributed by atoms with Crippen LogP contribution in [0.1, 0.15) is 0 Å². The van der Waals surface area contributed by atoms with Crippen LogP contribution in [0.4, 0.5) is 17.1 Å². The number of thiazole rings is 1. The fourth-order valence-corrected chi connectivity index (χ4v) is 8.60. The van der Waals surface area contributed by atoms with Crippen LogP contribution >= 0.6 is 11.3 Å². The summed E-state index contributed by atoms with van der Waals surface area (Å²) >= 11 is 1.69. The van der Waals surface area contributed by atoms with Crippen LogP contribution in [-0.4, -0.2) is 4.98 Å². The number of hydrogen-bond donors (Lipinski definition) is 0. The maximum Gasteiger partial charge on any atom is 0.139 e. The van der Waals surface area contributed by atoms with Gasteiger partial charge in [-0.1, -0.05) is 115 Å². The summed E-state index contributed by atoms with van der Waals surface area (Å²) in [6.45, 7) is 0. The highest BCUT2D eigenvalue weighted by atomic mass is 32.1. The molecular weight excluding hydrogens is 657 g/mol. The number of nitrogens with zero attached hydrogens (tertiary/aromatic N) is 2. The lowest BCUT2D eigenvalue weighted by Gasteiger charge is -2.27. The molecule has 0 N–H and O–H groups in total. The smallest absolute Gasteiger partial charge is 0.139 e. The topological polar surface area (TPSA) is 42.4 Å². The molecule has 5 heteroatoms. The molecule has 0 saturated heterocycles. The Morgan fingerprint density at radius 2 is 1.08 bits per heavy atom. The van der Waals surface area contributed by atoms with Gasteiger partial charge in [0.25, 0.3) is 0 Å². The maximum absolute atomic E-state index is 6.62. The molecule has 0 spiro atoms. The Balaban J connectivity index is 1.21. The fourth-order valence-electron chi connectivity index (χ4n) is 7.61. The average molecular weight is 685 g/mol. The molecule has 4 nitrogen and oxygen atoms in total. The van der Waals surface area contributed by atoms with Crippen LogP contribution in [0.5, 0.6) is 0 Å². The number of benzene rings is 8. The van der Waals surface area contributed by atoms with Crippen molar-refractivity contribution in [1.29, 1.82) is 0 Å². The van der Waals surface area contributed by atoms with E-state index in [0.29, 0.717) is 0 Å². The van der Waals surface area contributed by atoms with E-state index in [1.807, 2.05) is 24.3 Å². The molecule has 0 atom stereocenters. The third-order valence-corrected chi connectivity index (χ3v) is 11.1. The average Bonchev–Trinajstić information content (AvgIpc) is 3.91. The molecule has 8 aromatic carbocycles. The summed E-state index contributed by atoms with van der Waals surface area (Å²) in [6, 6.07) is 59.6. The number of furan rings is 2. The van der Waals surface area contributed by atoms with Crippen molar-refractivity contribution in [2.24, 2.45) is 0 Å². The molecule has 0 radical (unpaired) electrons. The number of para-hydroxylation sites is 2. The Labute approximate surface area is 302 Å². The minimum atomic E-state index is 0.827. The van der Waals surface area contributed by atoms with Gasteiger partial charge < -0.3 is 13.7 Å². The predicted octanol–water partition coefficient (Wildman–Crippen LogP) is 14.1. The van der Waals surface area contributed by atoms with E-state index < -0.39 is 0 Å². The summed E-state index contributed by atoms with van der Waals surface area (Å²) < 4.78 is 14.1. The largest absolute Gasteiger partial charge is 0.456 e. The molecule has 3 aromatic heterocycles. The van der Waals surface area contributed by atoms with Gasteiger partial charge in [0.05, 0.1) is 15.8 Å². The van der Waals surface area contributed by atoms with Crippen molar-refractivity contribution in [2.75, 3.05) is 4.90 Å². The number of rotatable bonds is 5. The van der Waals surface area contributed by atoms with E-state index in [1.165, 1.54) is 16.3 Å². The highest BCUT2D eigenvalue weighted by Gasteiger charge is 2.26. The van der Waals surface area contributed by atoms with Crippen LogP contribution in [0.15, 0.2) is 179 Å². The minimum absolute atomic E-state index is 0.827. The summed E-state index contributed by atoms with van der Waals surface area (Å²) in [5.74, 6) is 0. The monoisotopic (exact) mass is 684 g/mol. The second-order valence-electron chi connectivity index (χ2n) is 13.2. The minimum Gasteiger partial charge on any atom is -0.456 e. The van der Waals surface area contributed by atoms with E-state index in [4.69, 9.17) is 13.8 Å². The van der Waals surface area contributed by atoms with E-state index in [0.717, 1.165) is 87.3 Å². The molecule has 0 aliphatic carbocycles. The van der Waals surface area contributed by atoms with Crippen LogP contribution in [0, 0.1) is 0 Å². The molecule has 0 bridgehead atoms. The summed E-state index contributed by atoms with van der Waals surface area (Å²) in [5.41, 5.74) is 10.7. The van der Waals surface area contributed by atoms with Crippen molar-refractivity contribution >= 4 is 93.3 Å². The first-order valence-corrected chi connectivity index (χ1v) is 18.2. The van der Waals surface area contributed by atoms with Gasteiger partial charge >= 0.3 is 0 Å². The van der Waals surface area contributed by atoms with E-state index in [-0.39, 0.29) is 0 Å². The first kappa shape index (κ1) is 29.1. The predicted molar refractivity (Wildman–Crippen MR) is 217 cm³/mol. The van der Waals surface area contributed by atoms with Crippen LogP contribution < -0.4 is 4.90 Å². The van der Waals surface area contributed by atoms with Crippen molar-refractivity contribution in [1.82, 2.24) is 4.98 Å². The van der Waals surface area contributed by atoms with Gasteiger partial charge in [0.2, 0.25) is 0 Å². The van der Waals surface area contributed by atoms with Gasteiger partial charge in [0, 0.05) is 45.2 Å². The van der Waals surface area contributed by atoms with Gasteiger partial charge in [-0.15, -0.1) is 11.3 Å². The number of hydrogen-bond acceptors (Lipinski definition) is 5. The standard InChI is InChI=1S/C47H28N2O2S/c1-2-10-29(11-3-1)31-20-22-34(23-21-31)49(35-24-25-37-36-14-6-8-16-39(36)50-41(37)27-35)46-44-38-15-7-9-17-40(38)51-42(44)28-43-45(46)48-47(52-43)33-19-18-30-12-4-5-13-32(30)26-33/h1-28H. The van der Waals surface area contributed by atoms with E-state index in [2.05, 4.69) is 150 Å². The SMILES string of the molecule is c1ccc(-c2ccc(N(c3ccc4c(c3)oc3ccccc34)c3c4nc(-c5ccc6ccccc6c5)sc4cc4oc5ccccc5c34)cc2)cc1. The molecule has 0 aliphatic heterocycles. The zero-order valence-corrected chi connectivity index (χ0v) is 28.6. The Morgan fingerprint density at radius 1 is 0.442 bits per heavy atom. The van der Waals surface area contributed by atoms with Crippen molar-refractivity contribution in [3.8, 4) is 21.7 Å². The van der Waals surface area contributed by atoms with Gasteiger partial charge in [-0.2, -0.15) is 0 Å². The first-order valence-electron chi connectivity index (χ1n) is 17.4. The zero-order chi connectivity index (χ0) is 34.2. The lowest BCUT2D eigenvalue weighted by molar-refractivity contribution is 0.669. The molecule has 52 heavy (non-hydrogen) atoms. The van der Waals surface area contributed by atoms with Crippen molar-refractivity contribution in [2.45, 2.75) is 0 Å². The number of aromatic nitrogens is 1. The molecule has 0 aliphatic rings. The molecule has 3 heterocycles. The number of anilines is 3. The summed E-state index contributed by atoms with van der Waals surface area (Å²) in [6.07, 6.45) is 0. The highest BCUT2D eigenvalue weighted by molar-refractivity contribution is 7.21. The molecule has 244 valence electrons. The second kappa shape index (κ2) is 11.4. The van der Waals surface area contributed by atoms with Gasteiger partial charge in [-0.3, -0.25) is 0 Å².